The van der Waals surface area contributed by atoms with Gasteiger partial charge < -0.3 is 5.32 Å². The lowest BCUT2D eigenvalue weighted by Crippen LogP contribution is -2.37. The van der Waals surface area contributed by atoms with Gasteiger partial charge in [-0.2, -0.15) is 18.3 Å². The molecule has 0 fully saturated rings. The maximum atomic E-state index is 13.4. The Morgan fingerprint density at radius 3 is 2.51 bits per heavy atom. The minimum atomic E-state index is -4.55. The van der Waals surface area contributed by atoms with Crippen molar-refractivity contribution < 1.29 is 18.0 Å². The minimum absolute atomic E-state index is 0.427. The van der Waals surface area contributed by atoms with Gasteiger partial charge in [-0.05, 0) is 37.6 Å². The zero-order valence-electron chi connectivity index (χ0n) is 20.2. The Morgan fingerprint density at radius 1 is 1.03 bits per heavy atom. The first kappa shape index (κ1) is 24.2. The van der Waals surface area contributed by atoms with Crippen LogP contribution >= 0.6 is 0 Å². The first-order valence-electron chi connectivity index (χ1n) is 11.3. The normalized spacial score (nSPS) is 11.9. The molecule has 0 saturated carbocycles. The topological polar surface area (TPSA) is 99.6 Å². The molecule has 37 heavy (non-hydrogen) atoms. The predicted octanol–water partition coefficient (Wildman–Crippen LogP) is 3.43. The van der Waals surface area contributed by atoms with E-state index in [4.69, 9.17) is 0 Å². The lowest BCUT2D eigenvalue weighted by molar-refractivity contribution is -0.138. The third-order valence-electron chi connectivity index (χ3n) is 6.20. The van der Waals surface area contributed by atoms with Gasteiger partial charge in [-0.25, -0.2) is 4.79 Å². The molecule has 1 amide bonds. The van der Waals surface area contributed by atoms with E-state index in [2.05, 4.69) is 15.1 Å². The predicted molar refractivity (Wildman–Crippen MR) is 131 cm³/mol. The van der Waals surface area contributed by atoms with Crippen LogP contribution in [0.25, 0.3) is 38.9 Å². The van der Waals surface area contributed by atoms with Crippen LogP contribution in [-0.4, -0.2) is 47.5 Å². The van der Waals surface area contributed by atoms with Crippen molar-refractivity contribution in [3.05, 3.63) is 70.7 Å². The zero-order valence-corrected chi connectivity index (χ0v) is 20.2. The molecule has 0 aliphatic heterocycles. The monoisotopic (exact) mass is 509 g/mol. The van der Waals surface area contributed by atoms with Gasteiger partial charge in [-0.1, -0.05) is 12.1 Å². The average Bonchev–Trinajstić information content (AvgIpc) is 3.35. The highest BCUT2D eigenvalue weighted by Gasteiger charge is 2.28. The highest BCUT2D eigenvalue weighted by molar-refractivity contribution is 5.94. The van der Waals surface area contributed by atoms with Crippen molar-refractivity contribution in [1.82, 2.24) is 34.2 Å². The van der Waals surface area contributed by atoms with Crippen LogP contribution in [0.3, 0.4) is 0 Å². The van der Waals surface area contributed by atoms with Gasteiger partial charge in [0.1, 0.15) is 13.1 Å². The summed E-state index contributed by atoms with van der Waals surface area (Å²) in [7, 11) is 1.83. The van der Waals surface area contributed by atoms with Crippen molar-refractivity contribution in [3.8, 4) is 16.9 Å². The molecule has 0 bridgehead atoms. The second kappa shape index (κ2) is 8.87. The van der Waals surface area contributed by atoms with Crippen LogP contribution in [0, 0.1) is 13.8 Å². The summed E-state index contributed by atoms with van der Waals surface area (Å²) in [6, 6.07) is 8.69. The van der Waals surface area contributed by atoms with E-state index < -0.39 is 30.9 Å². The fourth-order valence-corrected chi connectivity index (χ4v) is 4.46. The Labute approximate surface area is 208 Å². The smallest absolute Gasteiger partial charge is 0.345 e. The van der Waals surface area contributed by atoms with Gasteiger partial charge in [0.15, 0.2) is 0 Å². The summed E-state index contributed by atoms with van der Waals surface area (Å²) in [6.07, 6.45) is 0.496. The van der Waals surface area contributed by atoms with E-state index in [1.807, 2.05) is 32.3 Å². The number of rotatable bonds is 5. The SMILES string of the molecule is Cc1ncc2c(cnn2C)c1-c1ccc(-n2c(=O)n(CC(=O)NCC(F)(F)F)c3cccc(C)c32)cn1. The third kappa shape index (κ3) is 4.34. The Morgan fingerprint density at radius 2 is 1.81 bits per heavy atom. The third-order valence-corrected chi connectivity index (χ3v) is 6.20. The largest absolute Gasteiger partial charge is 0.405 e. The number of alkyl halides is 3. The number of hydrogen-bond donors (Lipinski definition) is 1. The van der Waals surface area contributed by atoms with Crippen molar-refractivity contribution in [2.75, 3.05) is 6.54 Å². The number of halogens is 3. The number of benzene rings is 1. The van der Waals surface area contributed by atoms with Crippen LogP contribution in [0.15, 0.2) is 53.7 Å². The van der Waals surface area contributed by atoms with Gasteiger partial charge >= 0.3 is 11.9 Å². The summed E-state index contributed by atoms with van der Waals surface area (Å²) < 4.78 is 41.9. The quantitative estimate of drug-likeness (QED) is 0.391. The van der Waals surface area contributed by atoms with E-state index in [9.17, 15) is 22.8 Å². The van der Waals surface area contributed by atoms with Gasteiger partial charge in [0.2, 0.25) is 5.91 Å². The number of pyridine rings is 2. The number of carbonyl (C=O) groups excluding carboxylic acids is 1. The van der Waals surface area contributed by atoms with Gasteiger partial charge in [-0.15, -0.1) is 0 Å². The van der Waals surface area contributed by atoms with Crippen molar-refractivity contribution >= 4 is 27.8 Å². The summed E-state index contributed by atoms with van der Waals surface area (Å²) in [5, 5.41) is 7.01. The number of fused-ring (bicyclic) bond motifs is 2. The number of aromatic nitrogens is 6. The van der Waals surface area contributed by atoms with Crippen LogP contribution < -0.4 is 11.0 Å². The molecular formula is C25H22F3N7O2. The summed E-state index contributed by atoms with van der Waals surface area (Å²) in [5.74, 6) is -0.916. The van der Waals surface area contributed by atoms with Gasteiger partial charge in [0.25, 0.3) is 0 Å². The average molecular weight is 509 g/mol. The van der Waals surface area contributed by atoms with Crippen LogP contribution in [0.2, 0.25) is 0 Å². The highest BCUT2D eigenvalue weighted by atomic mass is 19.4. The fourth-order valence-electron chi connectivity index (χ4n) is 4.46. The van der Waals surface area contributed by atoms with E-state index >= 15 is 0 Å². The molecule has 1 N–H and O–H groups in total. The summed E-state index contributed by atoms with van der Waals surface area (Å²) in [6.45, 7) is 1.66. The van der Waals surface area contributed by atoms with E-state index in [1.54, 1.807) is 47.5 Å². The molecule has 9 nitrogen and oxygen atoms in total. The molecule has 0 aliphatic carbocycles. The lowest BCUT2D eigenvalue weighted by Gasteiger charge is -2.09. The summed E-state index contributed by atoms with van der Waals surface area (Å²) >= 11 is 0. The second-order valence-corrected chi connectivity index (χ2v) is 8.73. The van der Waals surface area contributed by atoms with E-state index in [1.165, 1.54) is 4.57 Å². The molecule has 4 aromatic heterocycles. The first-order chi connectivity index (χ1) is 17.5. The molecule has 5 aromatic rings. The number of imidazole rings is 1. The molecule has 0 atom stereocenters. The number of amides is 1. The minimum Gasteiger partial charge on any atom is -0.345 e. The van der Waals surface area contributed by atoms with Crippen molar-refractivity contribution in [1.29, 1.82) is 0 Å². The Kier molecular flexibility index (Phi) is 5.81. The Balaban J connectivity index is 1.58. The van der Waals surface area contributed by atoms with Crippen LogP contribution in [0.4, 0.5) is 13.2 Å². The standard InChI is InChI=1S/C25H22F3N7O2/c1-14-5-4-6-19-23(14)35(24(37)34(19)12-21(36)31-13-25(26,27)28)16-7-8-18(30-9-16)22-15(2)29-11-20-17(22)10-32-33(20)3/h4-11H,12-13H2,1-3H3,(H,31,36). The van der Waals surface area contributed by atoms with Crippen LogP contribution in [-0.2, 0) is 18.4 Å². The number of para-hydroxylation sites is 1. The van der Waals surface area contributed by atoms with Crippen LogP contribution in [0.5, 0.6) is 0 Å². The molecule has 0 radical (unpaired) electrons. The molecule has 0 saturated heterocycles. The lowest BCUT2D eigenvalue weighted by atomic mass is 10.1. The summed E-state index contributed by atoms with van der Waals surface area (Å²) in [5.41, 5.74) is 4.71. The molecule has 0 unspecified atom stereocenters. The highest BCUT2D eigenvalue weighted by Crippen LogP contribution is 2.30. The van der Waals surface area contributed by atoms with Crippen molar-refractivity contribution in [2.45, 2.75) is 26.6 Å². The number of aryl methyl sites for hydroxylation is 3. The van der Waals surface area contributed by atoms with Crippen LogP contribution in [0.1, 0.15) is 11.3 Å². The Bertz CT molecular complexity index is 1710. The first-order valence-corrected chi connectivity index (χ1v) is 11.3. The van der Waals surface area contributed by atoms with Gasteiger partial charge in [0, 0.05) is 23.7 Å². The molecular weight excluding hydrogens is 487 g/mol. The fraction of sp³-hybridized carbons (Fsp3) is 0.240. The molecule has 0 spiro atoms. The summed E-state index contributed by atoms with van der Waals surface area (Å²) in [4.78, 5) is 34.7. The molecule has 190 valence electrons. The number of nitrogens with zero attached hydrogens (tertiary/aromatic N) is 6. The molecule has 5 rings (SSSR count). The number of nitrogens with one attached hydrogen (secondary N) is 1. The van der Waals surface area contributed by atoms with E-state index in [0.29, 0.717) is 22.4 Å². The molecule has 4 heterocycles. The molecule has 0 aliphatic rings. The number of carbonyl (C=O) groups is 1. The van der Waals surface area contributed by atoms with E-state index in [-0.39, 0.29) is 0 Å². The molecule has 1 aromatic carbocycles. The van der Waals surface area contributed by atoms with Gasteiger partial charge in [-0.3, -0.25) is 28.6 Å². The van der Waals surface area contributed by atoms with Crippen molar-refractivity contribution in [3.63, 3.8) is 0 Å². The zero-order chi connectivity index (χ0) is 26.5. The maximum Gasteiger partial charge on any atom is 0.405 e. The second-order valence-electron chi connectivity index (χ2n) is 8.73. The van der Waals surface area contributed by atoms with Crippen molar-refractivity contribution in [2.24, 2.45) is 7.05 Å². The van der Waals surface area contributed by atoms with E-state index in [0.717, 1.165) is 32.3 Å². The maximum absolute atomic E-state index is 13.4. The van der Waals surface area contributed by atoms with Gasteiger partial charge in [0.05, 0.1) is 46.5 Å². The Hall–Kier alpha value is -4.48. The molecule has 12 heteroatoms. The number of hydrogen-bond acceptors (Lipinski definition) is 5.